The van der Waals surface area contributed by atoms with Gasteiger partial charge in [-0.25, -0.2) is 9.97 Å². The van der Waals surface area contributed by atoms with Gasteiger partial charge in [0.25, 0.3) is 0 Å². The Hall–Kier alpha value is -1.89. The molecule has 3 heterocycles. The van der Waals surface area contributed by atoms with E-state index in [0.717, 1.165) is 42.7 Å². The molecule has 7 heteroatoms. The molecule has 2 aromatic rings. The Morgan fingerprint density at radius 3 is 2.81 bits per heavy atom. The summed E-state index contributed by atoms with van der Waals surface area (Å²) in [5.74, 6) is 1.77. The van der Waals surface area contributed by atoms with Crippen LogP contribution in [0.4, 0.5) is 11.6 Å². The first-order chi connectivity index (χ1) is 12.5. The van der Waals surface area contributed by atoms with Crippen molar-refractivity contribution >= 4 is 23.2 Å². The minimum atomic E-state index is -0.312. The van der Waals surface area contributed by atoms with E-state index in [-0.39, 0.29) is 12.1 Å². The molecule has 0 radical (unpaired) electrons. The number of benzene rings is 1. The van der Waals surface area contributed by atoms with E-state index < -0.39 is 0 Å². The maximum atomic E-state index is 10.1. The smallest absolute Gasteiger partial charge is 0.134 e. The van der Waals surface area contributed by atoms with Crippen LogP contribution in [0.1, 0.15) is 17.5 Å². The molecule has 4 rings (SSSR count). The van der Waals surface area contributed by atoms with Crippen LogP contribution in [0.3, 0.4) is 0 Å². The van der Waals surface area contributed by atoms with Gasteiger partial charge in [0.2, 0.25) is 0 Å². The first-order valence-electron chi connectivity index (χ1n) is 8.94. The number of fused-ring (bicyclic) bond motifs is 1. The number of nitrogens with zero attached hydrogens (tertiary/aromatic N) is 5. The lowest BCUT2D eigenvalue weighted by atomic mass is 10.1. The molecule has 0 bridgehead atoms. The first-order valence-corrected chi connectivity index (χ1v) is 9.31. The molecule has 1 aromatic heterocycles. The van der Waals surface area contributed by atoms with E-state index in [2.05, 4.69) is 44.8 Å². The van der Waals surface area contributed by atoms with Crippen molar-refractivity contribution in [1.29, 1.82) is 0 Å². The molecular weight excluding hydrogens is 350 g/mol. The number of hydrogen-bond donors (Lipinski definition) is 1. The van der Waals surface area contributed by atoms with Gasteiger partial charge in [0.15, 0.2) is 0 Å². The number of halogens is 1. The molecule has 1 aromatic carbocycles. The van der Waals surface area contributed by atoms with Gasteiger partial charge in [-0.15, -0.1) is 0 Å². The minimum Gasteiger partial charge on any atom is -0.391 e. The standard InChI is InChI=1S/C19H24ClN5O/c1-23(2)9-14-6-15(26)10-25(14)19-7-18(21-12-22-19)24-8-13-4-3-5-17(20)16(13)11-24/h3-5,7,12,14-15,26H,6,8-11H2,1-2H3/t14-,15-/m1/s1. The van der Waals surface area contributed by atoms with Gasteiger partial charge in [-0.1, -0.05) is 23.7 Å². The summed E-state index contributed by atoms with van der Waals surface area (Å²) in [5.41, 5.74) is 2.43. The summed E-state index contributed by atoms with van der Waals surface area (Å²) in [6.07, 6.45) is 2.07. The fourth-order valence-corrected chi connectivity index (χ4v) is 4.23. The van der Waals surface area contributed by atoms with E-state index in [1.807, 2.05) is 18.2 Å². The Balaban J connectivity index is 1.57. The average Bonchev–Trinajstić information content (AvgIpc) is 3.19. The second-order valence-corrected chi connectivity index (χ2v) is 7.83. The Morgan fingerprint density at radius 2 is 2.04 bits per heavy atom. The van der Waals surface area contributed by atoms with Gasteiger partial charge in [0.05, 0.1) is 6.10 Å². The molecule has 1 fully saturated rings. The van der Waals surface area contributed by atoms with Gasteiger partial charge in [-0.3, -0.25) is 0 Å². The maximum absolute atomic E-state index is 10.1. The van der Waals surface area contributed by atoms with E-state index in [0.29, 0.717) is 6.54 Å². The minimum absolute atomic E-state index is 0.257. The van der Waals surface area contributed by atoms with Crippen molar-refractivity contribution in [2.24, 2.45) is 0 Å². The highest BCUT2D eigenvalue weighted by Crippen LogP contribution is 2.33. The average molecular weight is 374 g/mol. The van der Waals surface area contributed by atoms with Crippen LogP contribution in [-0.2, 0) is 13.1 Å². The van der Waals surface area contributed by atoms with Crippen LogP contribution in [0.5, 0.6) is 0 Å². The number of anilines is 2. The molecule has 0 aliphatic carbocycles. The van der Waals surface area contributed by atoms with Crippen molar-refractivity contribution in [3.05, 3.63) is 46.7 Å². The largest absolute Gasteiger partial charge is 0.391 e. The molecule has 138 valence electrons. The monoisotopic (exact) mass is 373 g/mol. The summed E-state index contributed by atoms with van der Waals surface area (Å²) < 4.78 is 0. The van der Waals surface area contributed by atoms with Crippen LogP contribution in [0.2, 0.25) is 5.02 Å². The topological polar surface area (TPSA) is 55.7 Å². The molecular formula is C19H24ClN5O. The summed E-state index contributed by atoms with van der Waals surface area (Å²) >= 11 is 6.34. The highest BCUT2D eigenvalue weighted by Gasteiger charge is 2.32. The van der Waals surface area contributed by atoms with Gasteiger partial charge in [0.1, 0.15) is 18.0 Å². The zero-order valence-electron chi connectivity index (χ0n) is 15.1. The van der Waals surface area contributed by atoms with E-state index in [1.165, 1.54) is 11.1 Å². The summed E-state index contributed by atoms with van der Waals surface area (Å²) in [4.78, 5) is 15.5. The number of hydrogen-bond acceptors (Lipinski definition) is 6. The third-order valence-corrected chi connectivity index (χ3v) is 5.50. The molecule has 2 atom stereocenters. The van der Waals surface area contributed by atoms with Crippen molar-refractivity contribution in [2.45, 2.75) is 31.7 Å². The Morgan fingerprint density at radius 1 is 1.23 bits per heavy atom. The van der Waals surface area contributed by atoms with Gasteiger partial charge in [-0.2, -0.15) is 0 Å². The molecule has 6 nitrogen and oxygen atoms in total. The molecule has 0 amide bonds. The number of likely N-dealkylation sites (N-methyl/N-ethyl adjacent to an activating group) is 1. The zero-order chi connectivity index (χ0) is 18.3. The predicted octanol–water partition coefficient (Wildman–Crippen LogP) is 2.15. The Labute approximate surface area is 159 Å². The predicted molar refractivity (Wildman–Crippen MR) is 104 cm³/mol. The molecule has 2 aliphatic rings. The first kappa shape index (κ1) is 17.5. The van der Waals surface area contributed by atoms with E-state index in [9.17, 15) is 5.11 Å². The summed E-state index contributed by atoms with van der Waals surface area (Å²) in [6.45, 7) is 3.06. The van der Waals surface area contributed by atoms with Crippen LogP contribution in [-0.4, -0.2) is 59.3 Å². The molecule has 0 unspecified atom stereocenters. The van der Waals surface area contributed by atoms with Crippen LogP contribution >= 0.6 is 11.6 Å². The van der Waals surface area contributed by atoms with Crippen molar-refractivity contribution in [3.63, 3.8) is 0 Å². The maximum Gasteiger partial charge on any atom is 0.134 e. The number of aliphatic hydroxyl groups excluding tert-OH is 1. The van der Waals surface area contributed by atoms with Crippen LogP contribution in [0.25, 0.3) is 0 Å². The van der Waals surface area contributed by atoms with Crippen molar-refractivity contribution in [1.82, 2.24) is 14.9 Å². The fraction of sp³-hybridized carbons (Fsp3) is 0.474. The molecule has 26 heavy (non-hydrogen) atoms. The lowest BCUT2D eigenvalue weighted by Crippen LogP contribution is -2.38. The normalized spacial score (nSPS) is 22.3. The van der Waals surface area contributed by atoms with Crippen molar-refractivity contribution in [2.75, 3.05) is 37.0 Å². The number of aromatic nitrogens is 2. The van der Waals surface area contributed by atoms with E-state index in [1.54, 1.807) is 6.33 Å². The fourth-order valence-electron chi connectivity index (χ4n) is 3.98. The summed E-state index contributed by atoms with van der Waals surface area (Å²) in [5, 5.41) is 11.0. The molecule has 1 saturated heterocycles. The highest BCUT2D eigenvalue weighted by atomic mass is 35.5. The summed E-state index contributed by atoms with van der Waals surface area (Å²) in [6, 6.07) is 8.33. The molecule has 1 N–H and O–H groups in total. The van der Waals surface area contributed by atoms with Gasteiger partial charge >= 0.3 is 0 Å². The number of rotatable bonds is 4. The zero-order valence-corrected chi connectivity index (χ0v) is 15.9. The van der Waals surface area contributed by atoms with Crippen molar-refractivity contribution in [3.8, 4) is 0 Å². The molecule has 0 saturated carbocycles. The van der Waals surface area contributed by atoms with Gasteiger partial charge in [0, 0.05) is 43.3 Å². The Kier molecular flexibility index (Phi) is 4.73. The quantitative estimate of drug-likeness (QED) is 0.886. The second-order valence-electron chi connectivity index (χ2n) is 7.43. The number of β-amino-alcohol motifs (C(OH)–C–C–N with tert-alkyl or cyclic N) is 1. The summed E-state index contributed by atoms with van der Waals surface area (Å²) in [7, 11) is 4.11. The highest BCUT2D eigenvalue weighted by molar-refractivity contribution is 6.31. The van der Waals surface area contributed by atoms with Crippen molar-refractivity contribution < 1.29 is 5.11 Å². The van der Waals surface area contributed by atoms with Gasteiger partial charge in [-0.05, 0) is 37.7 Å². The SMILES string of the molecule is CN(C)C[C@H]1C[C@@H](O)CN1c1cc(N2Cc3cccc(Cl)c3C2)ncn1. The van der Waals surface area contributed by atoms with E-state index >= 15 is 0 Å². The van der Waals surface area contributed by atoms with Crippen LogP contribution < -0.4 is 9.80 Å². The van der Waals surface area contributed by atoms with Crippen LogP contribution in [0.15, 0.2) is 30.6 Å². The molecule has 2 aliphatic heterocycles. The lowest BCUT2D eigenvalue weighted by Gasteiger charge is -2.28. The Bertz CT molecular complexity index is 799. The lowest BCUT2D eigenvalue weighted by molar-refractivity contribution is 0.191. The second kappa shape index (κ2) is 7.02. The molecule has 0 spiro atoms. The van der Waals surface area contributed by atoms with Gasteiger partial charge < -0.3 is 19.8 Å². The van der Waals surface area contributed by atoms with Crippen LogP contribution in [0, 0.1) is 0 Å². The third kappa shape index (κ3) is 3.37. The third-order valence-electron chi connectivity index (χ3n) is 5.15. The van der Waals surface area contributed by atoms with E-state index in [4.69, 9.17) is 11.6 Å². The number of aliphatic hydroxyl groups is 1.